The molecule has 3 saturated heterocycles. The fourth-order valence-corrected chi connectivity index (χ4v) is 5.00. The van der Waals surface area contributed by atoms with Crippen molar-refractivity contribution in [1.82, 2.24) is 9.80 Å². The molecule has 0 aliphatic carbocycles. The van der Waals surface area contributed by atoms with E-state index < -0.39 is 0 Å². The summed E-state index contributed by atoms with van der Waals surface area (Å²) in [7, 11) is 0. The first-order chi connectivity index (χ1) is 13.3. The van der Waals surface area contributed by atoms with Gasteiger partial charge >= 0.3 is 6.09 Å². The summed E-state index contributed by atoms with van der Waals surface area (Å²) in [4.78, 5) is 17.6. The summed E-state index contributed by atoms with van der Waals surface area (Å²) in [6, 6.07) is 18.8. The van der Waals surface area contributed by atoms with Crippen molar-refractivity contribution < 1.29 is 9.53 Å². The molecule has 6 rings (SSSR count). The highest BCUT2D eigenvalue weighted by Crippen LogP contribution is 2.36. The molecule has 4 heterocycles. The minimum atomic E-state index is -0.155. The minimum Gasteiger partial charge on any atom is -0.444 e. The number of amides is 1. The zero-order chi connectivity index (χ0) is 18.2. The first-order valence-corrected chi connectivity index (χ1v) is 10.1. The average molecular weight is 368 g/mol. The van der Waals surface area contributed by atoms with E-state index in [1.165, 1.54) is 11.1 Å². The molecule has 2 atom stereocenters. The number of fused-ring (bicyclic) bond motifs is 4. The summed E-state index contributed by atoms with van der Waals surface area (Å²) in [5.74, 6) is 0.534. The van der Waals surface area contributed by atoms with Gasteiger partial charge in [0.1, 0.15) is 6.10 Å². The Labute approximate surface area is 160 Å². The van der Waals surface area contributed by atoms with Crippen molar-refractivity contribution in [1.29, 1.82) is 0 Å². The van der Waals surface area contributed by atoms with Crippen LogP contribution in [0.3, 0.4) is 0 Å². The van der Waals surface area contributed by atoms with E-state index in [0.717, 1.165) is 44.5 Å². The van der Waals surface area contributed by atoms with E-state index in [0.29, 0.717) is 12.5 Å². The third-order valence-electron chi connectivity index (χ3n) is 6.48. The topological polar surface area (TPSA) is 32.8 Å². The van der Waals surface area contributed by atoms with Crippen molar-refractivity contribution in [3.05, 3.63) is 71.3 Å². The number of hydrogen-bond acceptors (Lipinski definition) is 3. The van der Waals surface area contributed by atoms with Gasteiger partial charge in [0.05, 0.1) is 6.04 Å². The number of nitrogens with zero attached hydrogens (tertiary/aromatic N) is 2. The molecule has 1 amide bonds. The van der Waals surface area contributed by atoms with E-state index in [2.05, 4.69) is 41.3 Å². The van der Waals surface area contributed by atoms with Crippen LogP contribution in [0.1, 0.15) is 35.6 Å². The molecule has 4 nitrogen and oxygen atoms in total. The maximum atomic E-state index is 13.2. The maximum absolute atomic E-state index is 13.2. The smallest absolute Gasteiger partial charge is 0.410 e. The van der Waals surface area contributed by atoms with E-state index in [9.17, 15) is 4.79 Å². The summed E-state index contributed by atoms with van der Waals surface area (Å²) in [5.41, 5.74) is 3.70. The predicted molar refractivity (Wildman–Crippen MR) is 105 cm³/mol. The van der Waals surface area contributed by atoms with Gasteiger partial charge in [-0.25, -0.2) is 4.79 Å². The van der Waals surface area contributed by atoms with Gasteiger partial charge < -0.3 is 4.74 Å². The average Bonchev–Trinajstić information content (AvgIpc) is 2.74. The van der Waals surface area contributed by atoms with Crippen LogP contribution in [0.2, 0.25) is 0 Å². The van der Waals surface area contributed by atoms with Crippen LogP contribution in [-0.4, -0.2) is 48.2 Å². The van der Waals surface area contributed by atoms with Crippen molar-refractivity contribution in [3.8, 4) is 0 Å². The summed E-state index contributed by atoms with van der Waals surface area (Å²) < 4.78 is 6.08. The highest BCUT2D eigenvalue weighted by Gasteiger charge is 2.39. The van der Waals surface area contributed by atoms with Gasteiger partial charge in [-0.1, -0.05) is 54.6 Å². The van der Waals surface area contributed by atoms with Crippen molar-refractivity contribution in [2.45, 2.75) is 31.4 Å². The molecule has 2 aromatic carbocycles. The number of hydrogen-bond donors (Lipinski definition) is 0. The summed E-state index contributed by atoms with van der Waals surface area (Å²) >= 11 is 0. The Morgan fingerprint density at radius 3 is 2.41 bits per heavy atom. The largest absolute Gasteiger partial charge is 0.444 e. The number of carbonyl (C=O) groups excluding carboxylic acids is 1. The molecule has 0 aromatic heterocycles. The van der Waals surface area contributed by atoms with Gasteiger partial charge in [-0.2, -0.15) is 0 Å². The normalized spacial score (nSPS) is 29.3. The monoisotopic (exact) mass is 368 g/mol. The number of piperidine rings is 3. The number of ether oxygens (including phenoxy) is 1. The first kappa shape index (κ1) is 16.8. The summed E-state index contributed by atoms with van der Waals surface area (Å²) in [6.07, 6.45) is 3.09. The van der Waals surface area contributed by atoms with E-state index in [-0.39, 0.29) is 18.2 Å². The number of benzene rings is 2. The van der Waals surface area contributed by atoms with Crippen LogP contribution in [0.25, 0.3) is 0 Å². The standard InChI is InChI=1S/C23H26N2O2/c26-23(27-21-16-24-13-10-18(21)11-14-24)25-15-12-17-6-4-5-9-20(17)22(25)19-7-2-1-3-8-19/h1-9,18,21-22H,10-16H2/t21-,22-/m0/s1/i1+1,2+1,3+1,7+1,8+1,19+1. The molecule has 0 radical (unpaired) electrons. The second-order valence-corrected chi connectivity index (χ2v) is 8.02. The zero-order valence-electron chi connectivity index (χ0n) is 15.6. The Morgan fingerprint density at radius 1 is 0.926 bits per heavy atom. The third-order valence-corrected chi connectivity index (χ3v) is 6.48. The Bertz CT molecular complexity index is 814. The second-order valence-electron chi connectivity index (χ2n) is 8.02. The van der Waals surface area contributed by atoms with Gasteiger partial charge in [0, 0.05) is 13.1 Å². The van der Waals surface area contributed by atoms with Crippen molar-refractivity contribution in [2.75, 3.05) is 26.2 Å². The minimum absolute atomic E-state index is 0.0496. The van der Waals surface area contributed by atoms with Gasteiger partial charge in [0.15, 0.2) is 0 Å². The lowest BCUT2D eigenvalue weighted by Gasteiger charge is -2.45. The quantitative estimate of drug-likeness (QED) is 0.807. The van der Waals surface area contributed by atoms with E-state index in [4.69, 9.17) is 4.74 Å². The van der Waals surface area contributed by atoms with Gasteiger partial charge in [0.2, 0.25) is 0 Å². The molecule has 0 spiro atoms. The molecule has 0 N–H and O–H groups in total. The van der Waals surface area contributed by atoms with Crippen molar-refractivity contribution in [3.63, 3.8) is 0 Å². The van der Waals surface area contributed by atoms with E-state index in [1.54, 1.807) is 0 Å². The Hall–Kier alpha value is -2.33. The molecule has 2 bridgehead atoms. The summed E-state index contributed by atoms with van der Waals surface area (Å²) in [5, 5.41) is 0. The molecular weight excluding hydrogens is 342 g/mol. The van der Waals surface area contributed by atoms with Crippen LogP contribution in [0.15, 0.2) is 54.6 Å². The van der Waals surface area contributed by atoms with Gasteiger partial charge in [0.25, 0.3) is 0 Å². The molecular formula is C23H26N2O2. The van der Waals surface area contributed by atoms with Gasteiger partial charge in [-0.3, -0.25) is 9.80 Å². The van der Waals surface area contributed by atoms with Gasteiger partial charge in [-0.15, -0.1) is 0 Å². The van der Waals surface area contributed by atoms with Crippen LogP contribution in [0, 0.1) is 5.92 Å². The zero-order valence-corrected chi connectivity index (χ0v) is 15.6. The maximum Gasteiger partial charge on any atom is 0.410 e. The SMILES string of the molecule is O=C(O[C@H]1CN2CCC1CC2)N1CCc2ccccc2[C@@H]1[13c]1[13cH][13cH][13cH][13cH][13cH]1. The molecule has 2 aromatic rings. The Kier molecular flexibility index (Phi) is 4.36. The third kappa shape index (κ3) is 3.12. The molecule has 4 heteroatoms. The fraction of sp³-hybridized carbons (Fsp3) is 0.435. The lowest BCUT2D eigenvalue weighted by molar-refractivity contribution is -0.0462. The Balaban J connectivity index is 1.43. The van der Waals surface area contributed by atoms with E-state index >= 15 is 0 Å². The second kappa shape index (κ2) is 7.01. The molecule has 0 unspecified atom stereocenters. The van der Waals surface area contributed by atoms with Gasteiger partial charge in [-0.05, 0) is 55.0 Å². The fourth-order valence-electron chi connectivity index (χ4n) is 5.00. The van der Waals surface area contributed by atoms with E-state index in [1.807, 2.05) is 23.1 Å². The van der Waals surface area contributed by atoms with Crippen LogP contribution in [0.5, 0.6) is 0 Å². The molecule has 4 aliphatic heterocycles. The highest BCUT2D eigenvalue weighted by atomic mass is 16.6. The molecule has 3 fully saturated rings. The van der Waals surface area contributed by atoms with Crippen LogP contribution >= 0.6 is 0 Å². The Morgan fingerprint density at radius 2 is 1.67 bits per heavy atom. The predicted octanol–water partition coefficient (Wildman–Crippen LogP) is 3.86. The number of carbonyl (C=O) groups is 1. The molecule has 0 saturated carbocycles. The van der Waals surface area contributed by atoms with Crippen LogP contribution < -0.4 is 0 Å². The molecule has 140 valence electrons. The van der Waals surface area contributed by atoms with Crippen molar-refractivity contribution in [2.24, 2.45) is 5.92 Å². The number of rotatable bonds is 2. The molecule has 4 aliphatic rings. The first-order valence-electron chi connectivity index (χ1n) is 10.1. The summed E-state index contributed by atoms with van der Waals surface area (Å²) in [6.45, 7) is 3.91. The molecule has 27 heavy (non-hydrogen) atoms. The van der Waals surface area contributed by atoms with Crippen LogP contribution in [0.4, 0.5) is 4.79 Å². The lowest BCUT2D eigenvalue weighted by Crippen LogP contribution is -2.53. The van der Waals surface area contributed by atoms with Crippen molar-refractivity contribution >= 4 is 6.09 Å². The lowest BCUT2D eigenvalue weighted by atomic mass is 9.86. The van der Waals surface area contributed by atoms with Crippen LogP contribution in [-0.2, 0) is 11.2 Å². The highest BCUT2D eigenvalue weighted by molar-refractivity contribution is 5.70.